The molecule has 206 valence electrons. The van der Waals surface area contributed by atoms with Gasteiger partial charge >= 0.3 is 0 Å². The van der Waals surface area contributed by atoms with Crippen LogP contribution in [0.5, 0.6) is 5.75 Å². The first-order valence-corrected chi connectivity index (χ1v) is 13.9. The third kappa shape index (κ3) is 6.68. The third-order valence-electron chi connectivity index (χ3n) is 8.14. The van der Waals surface area contributed by atoms with Crippen LogP contribution in [0.25, 0.3) is 0 Å². The van der Waals surface area contributed by atoms with Crippen LogP contribution < -0.4 is 4.74 Å². The molecule has 8 heteroatoms. The van der Waals surface area contributed by atoms with E-state index in [4.69, 9.17) is 4.74 Å². The van der Waals surface area contributed by atoms with Gasteiger partial charge in [-0.25, -0.2) is 0 Å². The molecule has 2 bridgehead atoms. The normalized spacial score (nSPS) is 23.5. The summed E-state index contributed by atoms with van der Waals surface area (Å²) < 4.78 is 6.12. The molecule has 0 N–H and O–H groups in total. The van der Waals surface area contributed by atoms with Gasteiger partial charge in [0.1, 0.15) is 18.9 Å². The Morgan fingerprint density at radius 3 is 2.44 bits per heavy atom. The highest BCUT2D eigenvalue weighted by Crippen LogP contribution is 2.30. The zero-order chi connectivity index (χ0) is 27.2. The molecular formula is C31H38N4O4. The second-order valence-corrected chi connectivity index (χ2v) is 10.8. The average molecular weight is 531 g/mol. The fourth-order valence-corrected chi connectivity index (χ4v) is 5.71. The first-order chi connectivity index (χ1) is 19.0. The lowest BCUT2D eigenvalue weighted by Crippen LogP contribution is -2.50. The average Bonchev–Trinajstić information content (AvgIpc) is 2.97. The van der Waals surface area contributed by atoms with Gasteiger partial charge in [-0.3, -0.25) is 14.4 Å². The molecule has 0 unspecified atom stereocenters. The standard InChI is InChI=1S/C31H38N4O4/c1-32-15-17-33(18-16-32)29(36)20-25-13-14-34-21-26(25)11-7-19-39-28-12-6-5-10-27(28)22-35(23-30(34)37)31(38)24-8-3-2-4-9-24/h2-12,25-26H,13-23H2,1H3/b11-7-/t25-,26-/m0/s1. The quantitative estimate of drug-likeness (QED) is 0.571. The van der Waals surface area contributed by atoms with Gasteiger partial charge in [0.15, 0.2) is 0 Å². The number of likely N-dealkylation sites (N-methyl/N-ethyl adjacent to an activating group) is 1. The lowest BCUT2D eigenvalue weighted by atomic mass is 9.82. The van der Waals surface area contributed by atoms with E-state index in [2.05, 4.69) is 18.0 Å². The molecule has 39 heavy (non-hydrogen) atoms. The van der Waals surface area contributed by atoms with E-state index < -0.39 is 0 Å². The minimum atomic E-state index is -0.184. The Hall–Kier alpha value is -3.65. The fourth-order valence-electron chi connectivity index (χ4n) is 5.71. The van der Waals surface area contributed by atoms with Crippen molar-refractivity contribution in [3.8, 4) is 5.75 Å². The van der Waals surface area contributed by atoms with Crippen LogP contribution in [0.1, 0.15) is 28.8 Å². The smallest absolute Gasteiger partial charge is 0.254 e. The van der Waals surface area contributed by atoms with E-state index in [1.165, 1.54) is 0 Å². The van der Waals surface area contributed by atoms with Gasteiger partial charge in [-0.1, -0.05) is 48.6 Å². The van der Waals surface area contributed by atoms with E-state index >= 15 is 0 Å². The highest BCUT2D eigenvalue weighted by molar-refractivity contribution is 5.96. The number of carbonyl (C=O) groups is 3. The van der Waals surface area contributed by atoms with Gasteiger partial charge in [0.25, 0.3) is 5.91 Å². The molecule has 2 saturated heterocycles. The SMILES string of the molecule is CN1CCN(C(=O)C[C@@H]2CCN3C[C@@H]2/C=C\COc2ccccc2CN(C(=O)c2ccccc2)CC3=O)CC1. The van der Waals surface area contributed by atoms with Crippen molar-refractivity contribution in [2.75, 3.05) is 59.5 Å². The van der Waals surface area contributed by atoms with Crippen molar-refractivity contribution in [2.24, 2.45) is 11.8 Å². The van der Waals surface area contributed by atoms with Crippen LogP contribution >= 0.6 is 0 Å². The predicted molar refractivity (Wildman–Crippen MR) is 149 cm³/mol. The van der Waals surface area contributed by atoms with Crippen LogP contribution in [-0.2, 0) is 16.1 Å². The Bertz CT molecular complexity index is 1190. The molecule has 2 aromatic carbocycles. The van der Waals surface area contributed by atoms with E-state index in [-0.39, 0.29) is 42.6 Å². The number of hydrogen-bond donors (Lipinski definition) is 0. The molecular weight excluding hydrogens is 492 g/mol. The minimum Gasteiger partial charge on any atom is -0.489 e. The molecule has 2 atom stereocenters. The van der Waals surface area contributed by atoms with Gasteiger partial charge in [0, 0.05) is 56.8 Å². The van der Waals surface area contributed by atoms with Gasteiger partial charge in [0.05, 0.1) is 6.54 Å². The molecule has 2 aromatic rings. The second-order valence-electron chi connectivity index (χ2n) is 10.8. The third-order valence-corrected chi connectivity index (χ3v) is 8.14. The molecule has 3 aliphatic rings. The highest BCUT2D eigenvalue weighted by atomic mass is 16.5. The Morgan fingerprint density at radius 1 is 0.897 bits per heavy atom. The van der Waals surface area contributed by atoms with Crippen LogP contribution in [0.3, 0.4) is 0 Å². The minimum absolute atomic E-state index is 0.0105. The maximum Gasteiger partial charge on any atom is 0.254 e. The van der Waals surface area contributed by atoms with Crippen molar-refractivity contribution in [2.45, 2.75) is 19.4 Å². The second kappa shape index (κ2) is 12.5. The maximum atomic E-state index is 13.6. The van der Waals surface area contributed by atoms with Crippen LogP contribution in [-0.4, -0.2) is 96.8 Å². The molecule has 2 fully saturated rings. The number of piperazine rings is 1. The van der Waals surface area contributed by atoms with Crippen LogP contribution in [0, 0.1) is 11.8 Å². The van der Waals surface area contributed by atoms with Crippen molar-refractivity contribution in [1.82, 2.24) is 19.6 Å². The van der Waals surface area contributed by atoms with Crippen LogP contribution in [0.4, 0.5) is 0 Å². The van der Waals surface area contributed by atoms with Gasteiger partial charge < -0.3 is 24.3 Å². The first-order valence-electron chi connectivity index (χ1n) is 13.9. The Morgan fingerprint density at radius 2 is 1.64 bits per heavy atom. The Balaban J connectivity index is 1.36. The number of carbonyl (C=O) groups excluding carboxylic acids is 3. The number of rotatable bonds is 3. The highest BCUT2D eigenvalue weighted by Gasteiger charge is 2.34. The van der Waals surface area contributed by atoms with Crippen LogP contribution in [0.15, 0.2) is 66.7 Å². The summed E-state index contributed by atoms with van der Waals surface area (Å²) in [6.45, 7) is 5.12. The predicted octanol–water partition coefficient (Wildman–Crippen LogP) is 2.91. The Labute approximate surface area is 230 Å². The fraction of sp³-hybridized carbons (Fsp3) is 0.452. The summed E-state index contributed by atoms with van der Waals surface area (Å²) in [7, 11) is 2.08. The summed E-state index contributed by atoms with van der Waals surface area (Å²) in [6.07, 6.45) is 5.37. The van der Waals surface area contributed by atoms with E-state index in [1.54, 1.807) is 17.0 Å². The molecule has 3 heterocycles. The zero-order valence-corrected chi connectivity index (χ0v) is 22.7. The topological polar surface area (TPSA) is 73.4 Å². The van der Waals surface area contributed by atoms with Crippen LogP contribution in [0.2, 0.25) is 0 Å². The number of nitrogens with zero attached hydrogens (tertiary/aromatic N) is 4. The first kappa shape index (κ1) is 26.9. The molecule has 0 aromatic heterocycles. The van der Waals surface area contributed by atoms with Gasteiger partial charge in [-0.15, -0.1) is 0 Å². The molecule has 3 aliphatic heterocycles. The largest absolute Gasteiger partial charge is 0.489 e. The molecule has 0 aliphatic carbocycles. The van der Waals surface area contributed by atoms with E-state index in [0.717, 1.165) is 38.2 Å². The number of fused-ring (bicyclic) bond motifs is 3. The summed E-state index contributed by atoms with van der Waals surface area (Å²) in [6, 6.07) is 16.8. The number of amides is 3. The summed E-state index contributed by atoms with van der Waals surface area (Å²) in [5.41, 5.74) is 1.41. The molecule has 0 saturated carbocycles. The lowest BCUT2D eigenvalue weighted by molar-refractivity contribution is -0.136. The van der Waals surface area contributed by atoms with Crippen molar-refractivity contribution in [3.05, 3.63) is 77.9 Å². The van der Waals surface area contributed by atoms with E-state index in [9.17, 15) is 14.4 Å². The monoisotopic (exact) mass is 530 g/mol. The van der Waals surface area contributed by atoms with Crippen molar-refractivity contribution < 1.29 is 19.1 Å². The summed E-state index contributed by atoms with van der Waals surface area (Å²) in [5, 5.41) is 0. The number of piperidine rings is 1. The molecule has 8 nitrogen and oxygen atoms in total. The van der Waals surface area contributed by atoms with E-state index in [1.807, 2.05) is 58.3 Å². The Kier molecular flexibility index (Phi) is 8.61. The summed E-state index contributed by atoms with van der Waals surface area (Å²) in [4.78, 5) is 48.0. The number of benzene rings is 2. The molecule has 3 amide bonds. The van der Waals surface area contributed by atoms with Gasteiger partial charge in [-0.2, -0.15) is 0 Å². The number of para-hydroxylation sites is 1. The lowest BCUT2D eigenvalue weighted by Gasteiger charge is -2.39. The van der Waals surface area contributed by atoms with Crippen molar-refractivity contribution in [1.29, 1.82) is 0 Å². The summed E-state index contributed by atoms with van der Waals surface area (Å²) in [5.74, 6) is 0.864. The number of ether oxygens (including phenoxy) is 1. The molecule has 5 rings (SSSR count). The number of hydrogen-bond acceptors (Lipinski definition) is 5. The van der Waals surface area contributed by atoms with Gasteiger partial charge in [0.2, 0.25) is 11.8 Å². The summed E-state index contributed by atoms with van der Waals surface area (Å²) >= 11 is 0. The molecule has 0 spiro atoms. The van der Waals surface area contributed by atoms with Crippen molar-refractivity contribution >= 4 is 17.7 Å². The van der Waals surface area contributed by atoms with E-state index in [0.29, 0.717) is 37.4 Å². The van der Waals surface area contributed by atoms with Gasteiger partial charge in [-0.05, 0) is 43.5 Å². The maximum absolute atomic E-state index is 13.6. The van der Waals surface area contributed by atoms with Crippen molar-refractivity contribution in [3.63, 3.8) is 0 Å². The zero-order valence-electron chi connectivity index (χ0n) is 22.7. The molecule has 0 radical (unpaired) electrons.